The van der Waals surface area contributed by atoms with Crippen molar-refractivity contribution in [1.29, 1.82) is 0 Å². The quantitative estimate of drug-likeness (QED) is 0.654. The molecule has 2 aliphatic carbocycles. The highest BCUT2D eigenvalue weighted by molar-refractivity contribution is 6.07. The van der Waals surface area contributed by atoms with Crippen LogP contribution in [0.3, 0.4) is 0 Å². The molecule has 0 radical (unpaired) electrons. The molecule has 5 heteroatoms. The number of carboxylic acids is 1. The van der Waals surface area contributed by atoms with Crippen LogP contribution in [0.5, 0.6) is 0 Å². The van der Waals surface area contributed by atoms with Crippen molar-refractivity contribution >= 4 is 17.6 Å². The van der Waals surface area contributed by atoms with Gasteiger partial charge in [-0.2, -0.15) is 0 Å². The molecule has 2 aromatic carbocycles. The van der Waals surface area contributed by atoms with E-state index >= 15 is 0 Å². The molecule has 0 bridgehead atoms. The van der Waals surface area contributed by atoms with Gasteiger partial charge in [0, 0.05) is 35.8 Å². The van der Waals surface area contributed by atoms with E-state index < -0.39 is 5.97 Å². The van der Waals surface area contributed by atoms with Crippen LogP contribution in [0.2, 0.25) is 0 Å². The second kappa shape index (κ2) is 8.70. The van der Waals surface area contributed by atoms with E-state index in [1.54, 1.807) is 0 Å². The number of hydrogen-bond acceptors (Lipinski definition) is 3. The molecule has 1 amide bonds. The molecule has 2 saturated carbocycles. The minimum absolute atomic E-state index is 0.0941. The minimum Gasteiger partial charge on any atom is -0.481 e. The number of fused-ring (bicyclic) bond motifs is 2. The van der Waals surface area contributed by atoms with Crippen molar-refractivity contribution < 1.29 is 14.7 Å². The largest absolute Gasteiger partial charge is 0.481 e. The van der Waals surface area contributed by atoms with E-state index in [1.165, 1.54) is 18.4 Å². The lowest BCUT2D eigenvalue weighted by molar-refractivity contribution is -0.137. The molecule has 1 heterocycles. The van der Waals surface area contributed by atoms with E-state index in [4.69, 9.17) is 5.11 Å². The molecule has 2 fully saturated rings. The Balaban J connectivity index is 1.52. The SMILES string of the molecule is Cc1ccc(C(=O)N2c3ccccc3C(N(CCCC(=O)O)C3CC3)C3CCCC32)cc1. The molecular formula is C27H32N2O3. The van der Waals surface area contributed by atoms with E-state index in [0.717, 1.165) is 42.6 Å². The number of carboxylic acid groups (broad SMARTS) is 1. The number of aliphatic carboxylic acids is 1. The summed E-state index contributed by atoms with van der Waals surface area (Å²) < 4.78 is 0. The predicted octanol–water partition coefficient (Wildman–Crippen LogP) is 5.19. The number of amides is 1. The van der Waals surface area contributed by atoms with Gasteiger partial charge >= 0.3 is 5.97 Å². The number of hydrogen-bond donors (Lipinski definition) is 1. The zero-order valence-electron chi connectivity index (χ0n) is 18.7. The molecule has 168 valence electrons. The molecule has 5 nitrogen and oxygen atoms in total. The minimum atomic E-state index is -0.724. The van der Waals surface area contributed by atoms with E-state index in [9.17, 15) is 9.59 Å². The number of nitrogens with zero attached hydrogens (tertiary/aromatic N) is 2. The van der Waals surface area contributed by atoms with Crippen LogP contribution in [-0.2, 0) is 4.79 Å². The van der Waals surface area contributed by atoms with Gasteiger partial charge in [0.05, 0.1) is 0 Å². The summed E-state index contributed by atoms with van der Waals surface area (Å²) in [5.74, 6) is -0.236. The van der Waals surface area contributed by atoms with Crippen molar-refractivity contribution in [3.05, 3.63) is 65.2 Å². The molecule has 1 aliphatic heterocycles. The zero-order chi connectivity index (χ0) is 22.2. The summed E-state index contributed by atoms with van der Waals surface area (Å²) >= 11 is 0. The Morgan fingerprint density at radius 1 is 1.03 bits per heavy atom. The van der Waals surface area contributed by atoms with Crippen molar-refractivity contribution in [1.82, 2.24) is 4.90 Å². The number of rotatable bonds is 7. The van der Waals surface area contributed by atoms with Crippen molar-refractivity contribution in [3.8, 4) is 0 Å². The highest BCUT2D eigenvalue weighted by Gasteiger charge is 2.49. The Morgan fingerprint density at radius 3 is 2.50 bits per heavy atom. The Kier molecular flexibility index (Phi) is 5.76. The summed E-state index contributed by atoms with van der Waals surface area (Å²) in [7, 11) is 0. The van der Waals surface area contributed by atoms with E-state index in [0.29, 0.717) is 18.4 Å². The Labute approximate surface area is 190 Å². The van der Waals surface area contributed by atoms with Gasteiger partial charge < -0.3 is 10.0 Å². The van der Waals surface area contributed by atoms with Crippen LogP contribution in [0.15, 0.2) is 48.5 Å². The Hall–Kier alpha value is -2.66. The maximum absolute atomic E-state index is 13.7. The maximum atomic E-state index is 13.7. The van der Waals surface area contributed by atoms with Crippen molar-refractivity contribution in [2.45, 2.75) is 70.0 Å². The first-order valence-corrected chi connectivity index (χ1v) is 12.0. The topological polar surface area (TPSA) is 60.9 Å². The predicted molar refractivity (Wildman–Crippen MR) is 125 cm³/mol. The Morgan fingerprint density at radius 2 is 1.78 bits per heavy atom. The van der Waals surface area contributed by atoms with Gasteiger partial charge in [0.25, 0.3) is 5.91 Å². The van der Waals surface area contributed by atoms with Gasteiger partial charge in [-0.25, -0.2) is 0 Å². The summed E-state index contributed by atoms with van der Waals surface area (Å²) in [6.07, 6.45) is 6.54. The third-order valence-corrected chi connectivity index (χ3v) is 7.48. The molecule has 0 spiro atoms. The van der Waals surface area contributed by atoms with E-state index in [-0.39, 0.29) is 24.4 Å². The van der Waals surface area contributed by atoms with Crippen LogP contribution >= 0.6 is 0 Å². The van der Waals surface area contributed by atoms with E-state index in [1.807, 2.05) is 37.3 Å². The fraction of sp³-hybridized carbons (Fsp3) is 0.481. The monoisotopic (exact) mass is 432 g/mol. The lowest BCUT2D eigenvalue weighted by atomic mass is 9.81. The zero-order valence-corrected chi connectivity index (χ0v) is 18.7. The average molecular weight is 433 g/mol. The number of para-hydroxylation sites is 1. The third kappa shape index (κ3) is 3.95. The highest BCUT2D eigenvalue weighted by Crippen LogP contribution is 2.52. The van der Waals surface area contributed by atoms with Crippen molar-refractivity contribution in [2.24, 2.45) is 5.92 Å². The first-order chi connectivity index (χ1) is 15.5. The molecule has 5 rings (SSSR count). The van der Waals surface area contributed by atoms with Gasteiger partial charge in [0.2, 0.25) is 0 Å². The summed E-state index contributed by atoms with van der Waals surface area (Å²) in [6.45, 7) is 2.85. The molecule has 32 heavy (non-hydrogen) atoms. The molecule has 1 N–H and O–H groups in total. The van der Waals surface area contributed by atoms with Gasteiger partial charge in [-0.15, -0.1) is 0 Å². The van der Waals surface area contributed by atoms with Crippen molar-refractivity contribution in [3.63, 3.8) is 0 Å². The molecular weight excluding hydrogens is 400 g/mol. The molecule has 3 aliphatic rings. The standard InChI is InChI=1S/C27H32N2O3/c1-18-11-13-19(14-12-18)27(32)29-23-8-3-2-6-21(23)26(22-7-4-9-24(22)29)28(20-15-16-20)17-5-10-25(30)31/h2-3,6,8,11-14,20,22,24,26H,4-5,7,9-10,15-17H2,1H3,(H,30,31). The van der Waals surface area contributed by atoms with Gasteiger partial charge in [0.15, 0.2) is 0 Å². The molecule has 0 saturated heterocycles. The number of carbonyl (C=O) groups is 2. The fourth-order valence-corrected chi connectivity index (χ4v) is 5.91. The van der Waals surface area contributed by atoms with Crippen LogP contribution in [-0.4, -0.2) is 40.5 Å². The van der Waals surface area contributed by atoms with Gasteiger partial charge in [-0.05, 0) is 75.3 Å². The molecule has 3 atom stereocenters. The molecule has 3 unspecified atom stereocenters. The number of aryl methyl sites for hydroxylation is 1. The fourth-order valence-electron chi connectivity index (χ4n) is 5.91. The molecule has 2 aromatic rings. The Bertz CT molecular complexity index is 998. The summed E-state index contributed by atoms with van der Waals surface area (Å²) in [4.78, 5) is 29.5. The highest BCUT2D eigenvalue weighted by atomic mass is 16.4. The summed E-state index contributed by atoms with van der Waals surface area (Å²) in [6, 6.07) is 17.3. The molecule has 0 aromatic heterocycles. The maximum Gasteiger partial charge on any atom is 0.303 e. The lowest BCUT2D eigenvalue weighted by Gasteiger charge is -2.48. The second-order valence-corrected chi connectivity index (χ2v) is 9.67. The van der Waals surface area contributed by atoms with E-state index in [2.05, 4.69) is 28.0 Å². The third-order valence-electron chi connectivity index (χ3n) is 7.48. The van der Waals surface area contributed by atoms with Gasteiger partial charge in [-0.3, -0.25) is 14.5 Å². The van der Waals surface area contributed by atoms with Crippen molar-refractivity contribution in [2.75, 3.05) is 11.4 Å². The normalized spacial score (nSPS) is 24.3. The number of anilines is 1. The van der Waals surface area contributed by atoms with Crippen LogP contribution in [0.25, 0.3) is 0 Å². The van der Waals surface area contributed by atoms with Gasteiger partial charge in [-0.1, -0.05) is 42.3 Å². The summed E-state index contributed by atoms with van der Waals surface area (Å²) in [5.41, 5.74) is 4.17. The van der Waals surface area contributed by atoms with Crippen LogP contribution in [0.1, 0.15) is 72.5 Å². The number of carbonyl (C=O) groups excluding carboxylic acids is 1. The average Bonchev–Trinajstić information content (AvgIpc) is 3.52. The summed E-state index contributed by atoms with van der Waals surface area (Å²) in [5, 5.41) is 9.16. The lowest BCUT2D eigenvalue weighted by Crippen LogP contribution is -2.52. The first kappa shape index (κ1) is 21.2. The van der Waals surface area contributed by atoms with Crippen LogP contribution in [0.4, 0.5) is 5.69 Å². The second-order valence-electron chi connectivity index (χ2n) is 9.67. The smallest absolute Gasteiger partial charge is 0.303 e. The van der Waals surface area contributed by atoms with Crippen LogP contribution < -0.4 is 4.90 Å². The van der Waals surface area contributed by atoms with Crippen LogP contribution in [0, 0.1) is 12.8 Å². The van der Waals surface area contributed by atoms with Gasteiger partial charge in [0.1, 0.15) is 0 Å². The first-order valence-electron chi connectivity index (χ1n) is 12.0. The number of benzene rings is 2.